The predicted octanol–water partition coefficient (Wildman–Crippen LogP) is 4.60. The zero-order valence-corrected chi connectivity index (χ0v) is 14.1. The van der Waals surface area contributed by atoms with Crippen molar-refractivity contribution in [2.75, 3.05) is 6.54 Å². The molecule has 0 amide bonds. The summed E-state index contributed by atoms with van der Waals surface area (Å²) in [5.41, 5.74) is 2.47. The molecule has 1 aromatic heterocycles. The van der Waals surface area contributed by atoms with Gasteiger partial charge in [0.25, 0.3) is 0 Å². The van der Waals surface area contributed by atoms with Gasteiger partial charge in [-0.05, 0) is 44.4 Å². The highest BCUT2D eigenvalue weighted by Crippen LogP contribution is 2.32. The van der Waals surface area contributed by atoms with Crippen LogP contribution in [0.4, 0.5) is 0 Å². The molecule has 122 valence electrons. The van der Waals surface area contributed by atoms with E-state index in [-0.39, 0.29) is 0 Å². The van der Waals surface area contributed by atoms with E-state index >= 15 is 0 Å². The van der Waals surface area contributed by atoms with Crippen molar-refractivity contribution < 1.29 is 4.74 Å². The minimum atomic E-state index is 0.499. The van der Waals surface area contributed by atoms with E-state index in [0.29, 0.717) is 24.6 Å². The van der Waals surface area contributed by atoms with E-state index in [2.05, 4.69) is 41.9 Å². The Morgan fingerprint density at radius 2 is 1.96 bits per heavy atom. The zero-order valence-electron chi connectivity index (χ0n) is 14.1. The number of nitrogens with zero attached hydrogens (tertiary/aromatic N) is 2. The smallest absolute Gasteiger partial charge is 0.213 e. The average Bonchev–Trinajstić information content (AvgIpc) is 2.61. The Bertz CT molecular complexity index is 595. The first-order chi connectivity index (χ1) is 11.2. The monoisotopic (exact) mass is 310 g/mol. The van der Waals surface area contributed by atoms with Gasteiger partial charge < -0.3 is 4.74 Å². The lowest BCUT2D eigenvalue weighted by Crippen LogP contribution is -2.38. The Morgan fingerprint density at radius 3 is 2.65 bits per heavy atom. The minimum Gasteiger partial charge on any atom is -0.473 e. The maximum Gasteiger partial charge on any atom is 0.213 e. The van der Waals surface area contributed by atoms with Crippen LogP contribution in [0.3, 0.4) is 0 Å². The van der Waals surface area contributed by atoms with E-state index < -0.39 is 0 Å². The summed E-state index contributed by atoms with van der Waals surface area (Å²) < 4.78 is 5.78. The fourth-order valence-electron chi connectivity index (χ4n) is 3.34. The first-order valence-electron chi connectivity index (χ1n) is 8.62. The molecule has 0 N–H and O–H groups in total. The highest BCUT2D eigenvalue weighted by Gasteiger charge is 2.25. The molecule has 0 saturated carbocycles. The molecule has 1 aliphatic rings. The molecule has 2 heterocycles. The van der Waals surface area contributed by atoms with E-state index in [1.807, 2.05) is 30.5 Å². The normalized spacial score (nSPS) is 19.0. The van der Waals surface area contributed by atoms with Gasteiger partial charge in [-0.15, -0.1) is 0 Å². The Kier molecular flexibility index (Phi) is 5.29. The lowest BCUT2D eigenvalue weighted by atomic mass is 9.95. The SMILES string of the molecule is CC(C)N1CCCC[C@@H]1c1ccc(OCc2ccccc2)nc1. The Hall–Kier alpha value is -1.87. The second-order valence-corrected chi connectivity index (χ2v) is 6.55. The first kappa shape index (κ1) is 16.0. The second-order valence-electron chi connectivity index (χ2n) is 6.55. The summed E-state index contributed by atoms with van der Waals surface area (Å²) in [6, 6.07) is 15.5. The van der Waals surface area contributed by atoms with Gasteiger partial charge in [-0.25, -0.2) is 4.98 Å². The minimum absolute atomic E-state index is 0.499. The van der Waals surface area contributed by atoms with Gasteiger partial charge in [-0.2, -0.15) is 0 Å². The van der Waals surface area contributed by atoms with Crippen molar-refractivity contribution >= 4 is 0 Å². The third kappa shape index (κ3) is 4.11. The lowest BCUT2D eigenvalue weighted by molar-refractivity contribution is 0.111. The van der Waals surface area contributed by atoms with Crippen LogP contribution in [0.1, 0.15) is 50.3 Å². The van der Waals surface area contributed by atoms with Gasteiger partial charge >= 0.3 is 0 Å². The molecule has 0 unspecified atom stereocenters. The Labute approximate surface area is 139 Å². The molecule has 2 aromatic rings. The van der Waals surface area contributed by atoms with E-state index in [0.717, 1.165) is 5.56 Å². The van der Waals surface area contributed by atoms with E-state index in [4.69, 9.17) is 4.74 Å². The number of hydrogen-bond donors (Lipinski definition) is 0. The third-order valence-corrected chi connectivity index (χ3v) is 4.58. The molecular weight excluding hydrogens is 284 g/mol. The molecule has 0 radical (unpaired) electrons. The molecular formula is C20H26N2O. The largest absolute Gasteiger partial charge is 0.473 e. The number of benzene rings is 1. The third-order valence-electron chi connectivity index (χ3n) is 4.58. The van der Waals surface area contributed by atoms with Crippen LogP contribution in [0, 0.1) is 0 Å². The molecule has 23 heavy (non-hydrogen) atoms. The Morgan fingerprint density at radius 1 is 1.13 bits per heavy atom. The molecule has 0 spiro atoms. The van der Waals surface area contributed by atoms with Crippen LogP contribution in [-0.2, 0) is 6.61 Å². The van der Waals surface area contributed by atoms with Gasteiger partial charge in [0, 0.05) is 24.3 Å². The van der Waals surface area contributed by atoms with Crippen LogP contribution in [0.2, 0.25) is 0 Å². The second kappa shape index (κ2) is 7.60. The molecule has 1 aromatic carbocycles. The summed E-state index contributed by atoms with van der Waals surface area (Å²) in [7, 11) is 0. The van der Waals surface area contributed by atoms with Crippen molar-refractivity contribution in [2.45, 2.75) is 51.8 Å². The molecule has 3 rings (SSSR count). The van der Waals surface area contributed by atoms with Crippen molar-refractivity contribution in [2.24, 2.45) is 0 Å². The van der Waals surface area contributed by atoms with Crippen LogP contribution in [0.5, 0.6) is 5.88 Å². The van der Waals surface area contributed by atoms with Gasteiger partial charge in [0.05, 0.1) is 0 Å². The van der Waals surface area contributed by atoms with Gasteiger partial charge in [0.2, 0.25) is 5.88 Å². The first-order valence-corrected chi connectivity index (χ1v) is 8.62. The number of rotatable bonds is 5. The van der Waals surface area contributed by atoms with Gasteiger partial charge in [-0.1, -0.05) is 42.8 Å². The summed E-state index contributed by atoms with van der Waals surface area (Å²) in [5, 5.41) is 0. The van der Waals surface area contributed by atoms with Crippen LogP contribution in [0.15, 0.2) is 48.7 Å². The fourth-order valence-corrected chi connectivity index (χ4v) is 3.34. The summed E-state index contributed by atoms with van der Waals surface area (Å²) >= 11 is 0. The molecule has 3 heteroatoms. The van der Waals surface area contributed by atoms with Crippen molar-refractivity contribution in [3.05, 3.63) is 59.8 Å². The van der Waals surface area contributed by atoms with Gasteiger partial charge in [0.1, 0.15) is 6.61 Å². The number of hydrogen-bond acceptors (Lipinski definition) is 3. The van der Waals surface area contributed by atoms with Crippen molar-refractivity contribution in [3.63, 3.8) is 0 Å². The van der Waals surface area contributed by atoms with E-state index in [1.54, 1.807) is 0 Å². The predicted molar refractivity (Wildman–Crippen MR) is 93.4 cm³/mol. The summed E-state index contributed by atoms with van der Waals surface area (Å²) in [6.07, 6.45) is 5.83. The molecule has 0 aliphatic carbocycles. The van der Waals surface area contributed by atoms with Crippen LogP contribution >= 0.6 is 0 Å². The Balaban J connectivity index is 1.64. The van der Waals surface area contributed by atoms with E-state index in [1.165, 1.54) is 31.4 Å². The summed E-state index contributed by atoms with van der Waals surface area (Å²) in [4.78, 5) is 7.10. The standard InChI is InChI=1S/C20H26N2O/c1-16(2)22-13-7-6-10-19(22)18-11-12-20(21-14-18)23-15-17-8-4-3-5-9-17/h3-5,8-9,11-12,14,16,19H,6-7,10,13,15H2,1-2H3/t19-/m1/s1. The van der Waals surface area contributed by atoms with Crippen molar-refractivity contribution in [1.82, 2.24) is 9.88 Å². The molecule has 3 nitrogen and oxygen atoms in total. The number of pyridine rings is 1. The maximum absolute atomic E-state index is 5.78. The highest BCUT2D eigenvalue weighted by atomic mass is 16.5. The lowest BCUT2D eigenvalue weighted by Gasteiger charge is -2.38. The van der Waals surface area contributed by atoms with Crippen LogP contribution in [-0.4, -0.2) is 22.5 Å². The molecule has 1 atom stereocenters. The molecule has 1 saturated heterocycles. The quantitative estimate of drug-likeness (QED) is 0.807. The maximum atomic E-state index is 5.78. The van der Waals surface area contributed by atoms with Gasteiger partial charge in [0.15, 0.2) is 0 Å². The molecule has 1 fully saturated rings. The molecule has 1 aliphatic heterocycles. The van der Waals surface area contributed by atoms with Gasteiger partial charge in [-0.3, -0.25) is 4.90 Å². The zero-order chi connectivity index (χ0) is 16.1. The van der Waals surface area contributed by atoms with E-state index in [9.17, 15) is 0 Å². The van der Waals surface area contributed by atoms with Crippen LogP contribution < -0.4 is 4.74 Å². The van der Waals surface area contributed by atoms with Crippen molar-refractivity contribution in [1.29, 1.82) is 0 Å². The topological polar surface area (TPSA) is 25.4 Å². The average molecular weight is 310 g/mol. The summed E-state index contributed by atoms with van der Waals surface area (Å²) in [6.45, 7) is 6.31. The van der Waals surface area contributed by atoms with Crippen LogP contribution in [0.25, 0.3) is 0 Å². The fraction of sp³-hybridized carbons (Fsp3) is 0.450. The highest BCUT2D eigenvalue weighted by molar-refractivity contribution is 5.22. The van der Waals surface area contributed by atoms with Crippen molar-refractivity contribution in [3.8, 4) is 5.88 Å². The number of piperidine rings is 1. The molecule has 0 bridgehead atoms. The number of ether oxygens (including phenoxy) is 1. The number of aromatic nitrogens is 1. The number of likely N-dealkylation sites (tertiary alicyclic amines) is 1. The summed E-state index contributed by atoms with van der Waals surface area (Å²) in [5.74, 6) is 0.699.